The summed E-state index contributed by atoms with van der Waals surface area (Å²) in [4.78, 5) is 12.2. The first kappa shape index (κ1) is 20.7. The molecule has 0 fully saturated rings. The van der Waals surface area contributed by atoms with Crippen LogP contribution in [0.3, 0.4) is 0 Å². The third-order valence-electron chi connectivity index (χ3n) is 4.09. The van der Waals surface area contributed by atoms with Crippen LogP contribution < -0.4 is 5.32 Å². The Morgan fingerprint density at radius 1 is 1.27 bits per heavy atom. The normalized spacial score (nSPS) is 11.6. The van der Waals surface area contributed by atoms with Gasteiger partial charge in [-0.05, 0) is 32.0 Å². The minimum Gasteiger partial charge on any atom is -0.355 e. The Labute approximate surface area is 163 Å². The number of aromatic nitrogens is 2. The Morgan fingerprint density at radius 3 is 2.58 bits per heavy atom. The third-order valence-corrected chi connectivity index (χ3v) is 6.34. The van der Waals surface area contributed by atoms with E-state index in [9.17, 15) is 13.2 Å². The predicted molar refractivity (Wildman–Crippen MR) is 104 cm³/mol. The van der Waals surface area contributed by atoms with Crippen LogP contribution >= 0.6 is 23.2 Å². The Hall–Kier alpha value is -1.57. The number of halogens is 2. The highest BCUT2D eigenvalue weighted by Gasteiger charge is 2.17. The molecule has 0 saturated heterocycles. The fraction of sp³-hybridized carbons (Fsp3) is 0.412. The summed E-state index contributed by atoms with van der Waals surface area (Å²) in [6, 6.07) is 5.12. The average Bonchev–Trinajstić information content (AvgIpc) is 2.83. The van der Waals surface area contributed by atoms with Crippen LogP contribution in [-0.2, 0) is 21.1 Å². The first-order valence-corrected chi connectivity index (χ1v) is 10.7. The average molecular weight is 418 g/mol. The molecule has 1 heterocycles. The number of nitrogens with one attached hydrogen (secondary N) is 1. The number of sulfone groups is 1. The summed E-state index contributed by atoms with van der Waals surface area (Å²) >= 11 is 12.2. The second kappa shape index (κ2) is 8.41. The molecule has 0 aliphatic carbocycles. The molecule has 0 aliphatic heterocycles. The van der Waals surface area contributed by atoms with Gasteiger partial charge in [0.1, 0.15) is 0 Å². The number of hydrogen-bond acceptors (Lipinski definition) is 4. The van der Waals surface area contributed by atoms with E-state index in [1.165, 1.54) is 0 Å². The summed E-state index contributed by atoms with van der Waals surface area (Å²) in [6.07, 6.45) is 0.120. The molecule has 6 nitrogen and oxygen atoms in total. The zero-order valence-electron chi connectivity index (χ0n) is 14.8. The van der Waals surface area contributed by atoms with Gasteiger partial charge in [0, 0.05) is 28.6 Å². The van der Waals surface area contributed by atoms with Crippen molar-refractivity contribution in [3.63, 3.8) is 0 Å². The molecule has 1 aromatic heterocycles. The van der Waals surface area contributed by atoms with Crippen LogP contribution in [0.1, 0.15) is 23.9 Å². The van der Waals surface area contributed by atoms with Gasteiger partial charge in [0.25, 0.3) is 0 Å². The fourth-order valence-electron chi connectivity index (χ4n) is 2.53. The van der Waals surface area contributed by atoms with Gasteiger partial charge < -0.3 is 5.32 Å². The van der Waals surface area contributed by atoms with Crippen LogP contribution in [0.2, 0.25) is 10.0 Å². The topological polar surface area (TPSA) is 81.1 Å². The van der Waals surface area contributed by atoms with Crippen LogP contribution in [0.25, 0.3) is 5.69 Å². The molecule has 0 aliphatic rings. The van der Waals surface area contributed by atoms with E-state index in [-0.39, 0.29) is 30.4 Å². The molecule has 0 unspecified atom stereocenters. The molecule has 26 heavy (non-hydrogen) atoms. The van der Waals surface area contributed by atoms with Gasteiger partial charge in [0.15, 0.2) is 9.84 Å². The van der Waals surface area contributed by atoms with Gasteiger partial charge in [-0.2, -0.15) is 5.10 Å². The van der Waals surface area contributed by atoms with Gasteiger partial charge in [-0.25, -0.2) is 13.1 Å². The van der Waals surface area contributed by atoms with Crippen molar-refractivity contribution in [2.75, 3.05) is 18.1 Å². The van der Waals surface area contributed by atoms with E-state index in [2.05, 4.69) is 10.4 Å². The second-order valence-electron chi connectivity index (χ2n) is 5.92. The zero-order valence-corrected chi connectivity index (χ0v) is 17.2. The molecule has 9 heteroatoms. The van der Waals surface area contributed by atoms with Crippen LogP contribution in [0.5, 0.6) is 0 Å². The Bertz CT molecular complexity index is 924. The molecule has 1 amide bonds. The molecular weight excluding hydrogens is 397 g/mol. The molecule has 2 aromatic rings. The number of hydrogen-bond donors (Lipinski definition) is 1. The smallest absolute Gasteiger partial charge is 0.224 e. The molecule has 0 saturated carbocycles. The Balaban J connectivity index is 2.14. The summed E-state index contributed by atoms with van der Waals surface area (Å²) in [7, 11) is -3.10. The molecule has 1 aromatic carbocycles. The SMILES string of the molecule is CCS(=O)(=O)CCNC(=O)Cc1c(C)nn(-c2ccc(Cl)cc2Cl)c1C. The van der Waals surface area contributed by atoms with E-state index >= 15 is 0 Å². The molecule has 1 N–H and O–H groups in total. The maximum absolute atomic E-state index is 12.2. The molecule has 142 valence electrons. The summed E-state index contributed by atoms with van der Waals surface area (Å²) in [5, 5.41) is 8.11. The Kier molecular flexibility index (Phi) is 6.71. The fourth-order valence-corrected chi connectivity index (χ4v) is 3.72. The van der Waals surface area contributed by atoms with Crippen molar-refractivity contribution < 1.29 is 13.2 Å². The number of carbonyl (C=O) groups is 1. The molecule has 0 atom stereocenters. The van der Waals surface area contributed by atoms with E-state index in [0.29, 0.717) is 21.4 Å². The summed E-state index contributed by atoms with van der Waals surface area (Å²) < 4.78 is 24.6. The summed E-state index contributed by atoms with van der Waals surface area (Å²) in [6.45, 7) is 5.36. The molecule has 0 bridgehead atoms. The second-order valence-corrected chi connectivity index (χ2v) is 9.24. The summed E-state index contributed by atoms with van der Waals surface area (Å²) in [5.74, 6) is -0.244. The van der Waals surface area contributed by atoms with E-state index in [4.69, 9.17) is 23.2 Å². The zero-order chi connectivity index (χ0) is 19.5. The van der Waals surface area contributed by atoms with Gasteiger partial charge in [0.2, 0.25) is 5.91 Å². The molecule has 0 radical (unpaired) electrons. The highest BCUT2D eigenvalue weighted by molar-refractivity contribution is 7.91. The van der Waals surface area contributed by atoms with E-state index in [0.717, 1.165) is 11.3 Å². The van der Waals surface area contributed by atoms with Crippen LogP contribution in [0.15, 0.2) is 18.2 Å². The highest BCUT2D eigenvalue weighted by atomic mass is 35.5. The number of aryl methyl sites for hydroxylation is 1. The van der Waals surface area contributed by atoms with Crippen molar-refractivity contribution in [2.24, 2.45) is 0 Å². The first-order valence-electron chi connectivity index (χ1n) is 8.12. The Morgan fingerprint density at radius 2 is 1.96 bits per heavy atom. The van der Waals surface area contributed by atoms with Gasteiger partial charge in [-0.1, -0.05) is 30.1 Å². The number of carbonyl (C=O) groups excluding carboxylic acids is 1. The lowest BCUT2D eigenvalue weighted by molar-refractivity contribution is -0.120. The van der Waals surface area contributed by atoms with Crippen molar-refractivity contribution in [2.45, 2.75) is 27.2 Å². The van der Waals surface area contributed by atoms with Crippen LogP contribution in [-0.4, -0.2) is 42.2 Å². The van der Waals surface area contributed by atoms with Gasteiger partial charge in [-0.3, -0.25) is 4.79 Å². The van der Waals surface area contributed by atoms with E-state index < -0.39 is 9.84 Å². The molecule has 0 spiro atoms. The minimum absolute atomic E-state index is 0.0626. The van der Waals surface area contributed by atoms with Crippen molar-refractivity contribution in [1.82, 2.24) is 15.1 Å². The first-order chi connectivity index (χ1) is 12.1. The standard InChI is InChI=1S/C17H21Cl2N3O3S/c1-4-26(24,25)8-7-20-17(23)10-14-11(2)21-22(12(14)3)16-6-5-13(18)9-15(16)19/h5-6,9H,4,7-8,10H2,1-3H3,(H,20,23). The van der Waals surface area contributed by atoms with Crippen LogP contribution in [0, 0.1) is 13.8 Å². The molecule has 2 rings (SSSR count). The third kappa shape index (κ3) is 4.99. The van der Waals surface area contributed by atoms with Crippen LogP contribution in [0.4, 0.5) is 0 Å². The minimum atomic E-state index is -3.10. The number of nitrogens with zero attached hydrogens (tertiary/aromatic N) is 2. The monoisotopic (exact) mass is 417 g/mol. The summed E-state index contributed by atoms with van der Waals surface area (Å²) in [5.41, 5.74) is 2.97. The van der Waals surface area contributed by atoms with E-state index in [1.807, 2.05) is 13.8 Å². The maximum atomic E-state index is 12.2. The lowest BCUT2D eigenvalue weighted by Gasteiger charge is -2.08. The van der Waals surface area contributed by atoms with Crippen molar-refractivity contribution in [3.8, 4) is 5.69 Å². The number of rotatable bonds is 7. The van der Waals surface area contributed by atoms with E-state index in [1.54, 1.807) is 29.8 Å². The van der Waals surface area contributed by atoms with Gasteiger partial charge in [0.05, 0.1) is 28.6 Å². The highest BCUT2D eigenvalue weighted by Crippen LogP contribution is 2.27. The maximum Gasteiger partial charge on any atom is 0.224 e. The lowest BCUT2D eigenvalue weighted by atomic mass is 10.1. The number of amides is 1. The quantitative estimate of drug-likeness (QED) is 0.750. The van der Waals surface area contributed by atoms with Crippen molar-refractivity contribution in [3.05, 3.63) is 45.2 Å². The largest absolute Gasteiger partial charge is 0.355 e. The predicted octanol–water partition coefficient (Wildman–Crippen LogP) is 2.89. The lowest BCUT2D eigenvalue weighted by Crippen LogP contribution is -2.31. The molecular formula is C17H21Cl2N3O3S. The van der Waals surface area contributed by atoms with Gasteiger partial charge >= 0.3 is 0 Å². The van der Waals surface area contributed by atoms with Crippen molar-refractivity contribution >= 4 is 38.9 Å². The van der Waals surface area contributed by atoms with Crippen molar-refractivity contribution in [1.29, 1.82) is 0 Å². The number of benzene rings is 1. The van der Waals surface area contributed by atoms with Gasteiger partial charge in [-0.15, -0.1) is 0 Å².